The number of primary sulfonamides is 1. The SMILES string of the molecule is C=Cc1cccc(S(N)(=O)=O)c1N. The molecule has 13 heavy (non-hydrogen) atoms. The fourth-order valence-corrected chi connectivity index (χ4v) is 1.68. The van der Waals surface area contributed by atoms with Crippen LogP contribution in [0.4, 0.5) is 5.69 Å². The fourth-order valence-electron chi connectivity index (χ4n) is 0.987. The molecular weight excluding hydrogens is 188 g/mol. The second-order valence-corrected chi connectivity index (χ2v) is 4.04. The minimum atomic E-state index is -3.74. The predicted octanol–water partition coefficient (Wildman–Crippen LogP) is 0.559. The average Bonchev–Trinajstić information content (AvgIpc) is 2.02. The summed E-state index contributed by atoms with van der Waals surface area (Å²) in [6, 6.07) is 4.59. The van der Waals surface area contributed by atoms with Crippen molar-refractivity contribution in [1.82, 2.24) is 0 Å². The van der Waals surface area contributed by atoms with Gasteiger partial charge in [-0.15, -0.1) is 0 Å². The summed E-state index contributed by atoms with van der Waals surface area (Å²) in [6.45, 7) is 3.50. The van der Waals surface area contributed by atoms with Crippen LogP contribution in [0.25, 0.3) is 6.08 Å². The van der Waals surface area contributed by atoms with Crippen LogP contribution in [0.15, 0.2) is 29.7 Å². The van der Waals surface area contributed by atoms with Gasteiger partial charge >= 0.3 is 0 Å². The Kier molecular flexibility index (Phi) is 2.40. The molecule has 0 unspecified atom stereocenters. The van der Waals surface area contributed by atoms with E-state index in [1.165, 1.54) is 12.1 Å². The number of nitrogens with two attached hydrogens (primary N) is 2. The van der Waals surface area contributed by atoms with Crippen LogP contribution in [0.2, 0.25) is 0 Å². The summed E-state index contributed by atoms with van der Waals surface area (Å²) in [5, 5.41) is 4.94. The Balaban J connectivity index is 3.50. The lowest BCUT2D eigenvalue weighted by molar-refractivity contribution is 0.598. The van der Waals surface area contributed by atoms with E-state index in [2.05, 4.69) is 6.58 Å². The molecule has 0 aliphatic heterocycles. The number of benzene rings is 1. The van der Waals surface area contributed by atoms with E-state index in [1.807, 2.05) is 0 Å². The van der Waals surface area contributed by atoms with Crippen LogP contribution in [0.1, 0.15) is 5.56 Å². The highest BCUT2D eigenvalue weighted by Gasteiger charge is 2.12. The van der Waals surface area contributed by atoms with Crippen molar-refractivity contribution in [2.24, 2.45) is 5.14 Å². The summed E-state index contributed by atoms with van der Waals surface area (Å²) in [6.07, 6.45) is 1.48. The summed E-state index contributed by atoms with van der Waals surface area (Å²) in [7, 11) is -3.74. The van der Waals surface area contributed by atoms with Crippen molar-refractivity contribution >= 4 is 21.8 Å². The van der Waals surface area contributed by atoms with Crippen molar-refractivity contribution in [3.05, 3.63) is 30.3 Å². The maximum atomic E-state index is 11.0. The Hall–Kier alpha value is -1.33. The Morgan fingerprint density at radius 3 is 2.46 bits per heavy atom. The smallest absolute Gasteiger partial charge is 0.240 e. The predicted molar refractivity (Wildman–Crippen MR) is 52.3 cm³/mol. The number of sulfonamides is 1. The van der Waals surface area contributed by atoms with Gasteiger partial charge in [-0.3, -0.25) is 0 Å². The second kappa shape index (κ2) is 3.20. The van der Waals surface area contributed by atoms with Gasteiger partial charge < -0.3 is 5.73 Å². The first-order valence-corrected chi connectivity index (χ1v) is 5.05. The highest BCUT2D eigenvalue weighted by Crippen LogP contribution is 2.21. The van der Waals surface area contributed by atoms with Gasteiger partial charge in [-0.1, -0.05) is 24.8 Å². The molecule has 1 aromatic carbocycles. The van der Waals surface area contributed by atoms with Crippen LogP contribution in [0.5, 0.6) is 0 Å². The van der Waals surface area contributed by atoms with Gasteiger partial charge in [0.25, 0.3) is 0 Å². The number of anilines is 1. The number of para-hydroxylation sites is 1. The normalized spacial score (nSPS) is 11.2. The molecule has 4 N–H and O–H groups in total. The van der Waals surface area contributed by atoms with E-state index in [4.69, 9.17) is 10.9 Å². The standard InChI is InChI=1S/C8H10N2O2S/c1-2-6-4-3-5-7(8(6)9)13(10,11)12/h2-5H,1,9H2,(H2,10,11,12). The van der Waals surface area contributed by atoms with Gasteiger partial charge in [0.05, 0.1) is 5.69 Å². The summed E-state index contributed by atoms with van der Waals surface area (Å²) >= 11 is 0. The van der Waals surface area contributed by atoms with Gasteiger partial charge in [0.15, 0.2) is 0 Å². The first kappa shape index (κ1) is 9.76. The minimum absolute atomic E-state index is 0.0649. The molecule has 0 spiro atoms. The third kappa shape index (κ3) is 1.88. The molecule has 0 fully saturated rings. The molecule has 0 amide bonds. The van der Waals surface area contributed by atoms with Crippen LogP contribution < -0.4 is 10.9 Å². The zero-order valence-electron chi connectivity index (χ0n) is 6.90. The van der Waals surface area contributed by atoms with E-state index in [0.717, 1.165) is 0 Å². The molecule has 70 valence electrons. The highest BCUT2D eigenvalue weighted by atomic mass is 32.2. The molecule has 0 saturated heterocycles. The van der Waals surface area contributed by atoms with Gasteiger partial charge in [-0.05, 0) is 11.6 Å². The monoisotopic (exact) mass is 198 g/mol. The number of nitrogen functional groups attached to an aromatic ring is 1. The zero-order chi connectivity index (χ0) is 10.1. The van der Waals surface area contributed by atoms with Crippen LogP contribution >= 0.6 is 0 Å². The van der Waals surface area contributed by atoms with Crippen molar-refractivity contribution < 1.29 is 8.42 Å². The Bertz CT molecular complexity index is 437. The summed E-state index contributed by atoms with van der Waals surface area (Å²) in [4.78, 5) is -0.0649. The molecular formula is C8H10N2O2S. The lowest BCUT2D eigenvalue weighted by atomic mass is 10.2. The fraction of sp³-hybridized carbons (Fsp3) is 0. The molecule has 4 nitrogen and oxygen atoms in total. The Labute approximate surface area is 76.9 Å². The third-order valence-corrected chi connectivity index (χ3v) is 2.60. The molecule has 0 aliphatic rings. The molecule has 1 aromatic rings. The van der Waals surface area contributed by atoms with Crippen molar-refractivity contribution in [3.8, 4) is 0 Å². The largest absolute Gasteiger partial charge is 0.397 e. The van der Waals surface area contributed by atoms with E-state index in [-0.39, 0.29) is 10.6 Å². The van der Waals surface area contributed by atoms with Gasteiger partial charge in [-0.2, -0.15) is 0 Å². The number of hydrogen-bond donors (Lipinski definition) is 2. The molecule has 1 rings (SSSR count). The van der Waals surface area contributed by atoms with Gasteiger partial charge in [0, 0.05) is 0 Å². The van der Waals surface area contributed by atoms with Gasteiger partial charge in [0.2, 0.25) is 10.0 Å². The zero-order valence-corrected chi connectivity index (χ0v) is 7.71. The first-order chi connectivity index (χ1) is 5.96. The lowest BCUT2D eigenvalue weighted by Crippen LogP contribution is -2.14. The van der Waals surface area contributed by atoms with Gasteiger partial charge in [-0.25, -0.2) is 13.6 Å². The van der Waals surface area contributed by atoms with Crippen LogP contribution in [0, 0.1) is 0 Å². The Morgan fingerprint density at radius 2 is 2.00 bits per heavy atom. The van der Waals surface area contributed by atoms with Gasteiger partial charge in [0.1, 0.15) is 4.90 Å². The summed E-state index contributed by atoms with van der Waals surface area (Å²) in [5.41, 5.74) is 6.25. The van der Waals surface area contributed by atoms with E-state index in [0.29, 0.717) is 5.56 Å². The maximum Gasteiger partial charge on any atom is 0.240 e. The number of rotatable bonds is 2. The third-order valence-electron chi connectivity index (χ3n) is 1.63. The second-order valence-electron chi connectivity index (χ2n) is 2.51. The van der Waals surface area contributed by atoms with Crippen molar-refractivity contribution in [2.75, 3.05) is 5.73 Å². The topological polar surface area (TPSA) is 86.2 Å². The molecule has 0 aliphatic carbocycles. The Morgan fingerprint density at radius 1 is 1.38 bits per heavy atom. The van der Waals surface area contributed by atoms with Crippen molar-refractivity contribution in [1.29, 1.82) is 0 Å². The van der Waals surface area contributed by atoms with E-state index >= 15 is 0 Å². The van der Waals surface area contributed by atoms with Crippen LogP contribution in [-0.2, 0) is 10.0 Å². The van der Waals surface area contributed by atoms with E-state index in [1.54, 1.807) is 12.1 Å². The molecule has 0 saturated carbocycles. The molecule has 0 aromatic heterocycles. The van der Waals surface area contributed by atoms with E-state index < -0.39 is 10.0 Å². The lowest BCUT2D eigenvalue weighted by Gasteiger charge is -2.05. The maximum absolute atomic E-state index is 11.0. The molecule has 0 bridgehead atoms. The summed E-state index contributed by atoms with van der Waals surface area (Å²) in [5.74, 6) is 0. The first-order valence-electron chi connectivity index (χ1n) is 3.50. The molecule has 5 heteroatoms. The highest BCUT2D eigenvalue weighted by molar-refractivity contribution is 7.89. The quantitative estimate of drug-likeness (QED) is 0.681. The van der Waals surface area contributed by atoms with Crippen molar-refractivity contribution in [3.63, 3.8) is 0 Å². The van der Waals surface area contributed by atoms with E-state index in [9.17, 15) is 8.42 Å². The molecule has 0 radical (unpaired) electrons. The van der Waals surface area contributed by atoms with Crippen LogP contribution in [0.3, 0.4) is 0 Å². The molecule has 0 heterocycles. The van der Waals surface area contributed by atoms with Crippen LogP contribution in [-0.4, -0.2) is 8.42 Å². The summed E-state index contributed by atoms with van der Waals surface area (Å²) < 4.78 is 22.0. The average molecular weight is 198 g/mol. The minimum Gasteiger partial charge on any atom is -0.397 e. The molecule has 0 atom stereocenters. The van der Waals surface area contributed by atoms with Crippen molar-refractivity contribution in [2.45, 2.75) is 4.90 Å². The number of hydrogen-bond acceptors (Lipinski definition) is 3.